The van der Waals surface area contributed by atoms with Gasteiger partial charge in [-0.1, -0.05) is 32.0 Å². The molecule has 0 fully saturated rings. The van der Waals surface area contributed by atoms with E-state index in [1.165, 1.54) is 7.11 Å². The van der Waals surface area contributed by atoms with Crippen LogP contribution in [0, 0.1) is 5.92 Å². The van der Waals surface area contributed by atoms with Gasteiger partial charge in [0.15, 0.2) is 6.10 Å². The number of nitrogens with one attached hydrogen (secondary N) is 1. The number of aliphatic hydroxyl groups excluding tert-OH is 1. The van der Waals surface area contributed by atoms with Gasteiger partial charge in [0.2, 0.25) is 17.7 Å². The summed E-state index contributed by atoms with van der Waals surface area (Å²) in [6.07, 6.45) is -0.614. The van der Waals surface area contributed by atoms with Crippen molar-refractivity contribution in [1.29, 1.82) is 0 Å². The molecule has 0 spiro atoms. The van der Waals surface area contributed by atoms with E-state index in [0.29, 0.717) is 12.3 Å². The Morgan fingerprint density at radius 2 is 1.96 bits per heavy atom. The lowest BCUT2D eigenvalue weighted by Crippen LogP contribution is -2.49. The molecule has 4 N–H and O–H groups in total. The van der Waals surface area contributed by atoms with Crippen molar-refractivity contribution < 1.29 is 19.1 Å². The Balaban J connectivity index is 0.00000364. The van der Waals surface area contributed by atoms with Crippen molar-refractivity contribution >= 4 is 18.3 Å². The minimum Gasteiger partial charge on any atom is -0.418 e. The molecule has 0 bridgehead atoms. The number of nitrogens with zero attached hydrogens (tertiary/aromatic N) is 2. The molecule has 3 atom stereocenters. The molecule has 3 unspecified atom stereocenters. The fourth-order valence-electron chi connectivity index (χ4n) is 2.54. The summed E-state index contributed by atoms with van der Waals surface area (Å²) in [5.41, 5.74) is 6.51. The quantitative estimate of drug-likeness (QED) is 0.587. The Hall–Kier alpha value is -2.00. The second-order valence-electron chi connectivity index (χ2n) is 6.56. The predicted octanol–water partition coefficient (Wildman–Crippen LogP) is 1.70. The number of ether oxygens (including phenoxy) is 1. The monoisotopic (exact) mass is 398 g/mol. The molecule has 2 aromatic rings. The molecule has 0 aliphatic rings. The van der Waals surface area contributed by atoms with Crippen molar-refractivity contribution in [3.63, 3.8) is 0 Å². The van der Waals surface area contributed by atoms with Crippen molar-refractivity contribution in [2.24, 2.45) is 11.7 Å². The molecule has 150 valence electrons. The van der Waals surface area contributed by atoms with Gasteiger partial charge in [-0.25, -0.2) is 0 Å². The predicted molar refractivity (Wildman–Crippen MR) is 103 cm³/mol. The Morgan fingerprint density at radius 1 is 1.30 bits per heavy atom. The topological polar surface area (TPSA) is 124 Å². The molecule has 0 radical (unpaired) electrons. The van der Waals surface area contributed by atoms with Crippen LogP contribution < -0.4 is 11.1 Å². The summed E-state index contributed by atoms with van der Waals surface area (Å²) in [4.78, 5) is 12.2. The number of benzene rings is 1. The van der Waals surface area contributed by atoms with Gasteiger partial charge < -0.3 is 25.3 Å². The number of methoxy groups -OCH3 is 1. The van der Waals surface area contributed by atoms with Crippen LogP contribution in [0.4, 0.5) is 0 Å². The zero-order chi connectivity index (χ0) is 19.1. The van der Waals surface area contributed by atoms with E-state index in [4.69, 9.17) is 14.9 Å². The molecule has 9 heteroatoms. The third kappa shape index (κ3) is 6.59. The molecular formula is C18H27ClN4O4. The van der Waals surface area contributed by atoms with Crippen molar-refractivity contribution in [3.05, 3.63) is 36.2 Å². The summed E-state index contributed by atoms with van der Waals surface area (Å²) in [7, 11) is 1.47. The molecule has 1 amide bonds. The molecule has 0 saturated carbocycles. The van der Waals surface area contributed by atoms with Crippen molar-refractivity contribution in [2.75, 3.05) is 13.7 Å². The number of halogens is 1. The van der Waals surface area contributed by atoms with E-state index in [0.717, 1.165) is 5.56 Å². The van der Waals surface area contributed by atoms with E-state index in [2.05, 4.69) is 15.5 Å². The first-order valence-corrected chi connectivity index (χ1v) is 8.54. The van der Waals surface area contributed by atoms with Gasteiger partial charge in [-0.2, -0.15) is 0 Å². The van der Waals surface area contributed by atoms with Crippen LogP contribution in [-0.2, 0) is 9.53 Å². The van der Waals surface area contributed by atoms with E-state index >= 15 is 0 Å². The van der Waals surface area contributed by atoms with Gasteiger partial charge in [-0.3, -0.25) is 4.79 Å². The standard InChI is InChI=1S/C18H26N4O4.ClH/c1-11(2)9-14(20-16(24)13(19)10-25-3)15(23)18-22-21-17(26-18)12-7-5-4-6-8-12;/h4-8,11,13-15,23H,9-10,19H2,1-3H3,(H,20,24);1H. The SMILES string of the molecule is COCC(N)C(=O)NC(CC(C)C)C(O)c1nnc(-c2ccccc2)o1.Cl. The maximum Gasteiger partial charge on any atom is 0.247 e. The van der Waals surface area contributed by atoms with Crippen molar-refractivity contribution in [2.45, 2.75) is 38.5 Å². The number of carbonyl (C=O) groups excluding carboxylic acids is 1. The highest BCUT2D eigenvalue weighted by molar-refractivity contribution is 5.85. The lowest BCUT2D eigenvalue weighted by molar-refractivity contribution is -0.125. The Morgan fingerprint density at radius 3 is 2.56 bits per heavy atom. The normalized spacial score (nSPS) is 14.3. The summed E-state index contributed by atoms with van der Waals surface area (Å²) in [6.45, 7) is 4.07. The number of amides is 1. The van der Waals surface area contributed by atoms with Crippen LogP contribution in [0.25, 0.3) is 11.5 Å². The van der Waals surface area contributed by atoms with Gasteiger partial charge in [0.1, 0.15) is 6.04 Å². The summed E-state index contributed by atoms with van der Waals surface area (Å²) < 4.78 is 10.5. The Bertz CT molecular complexity index is 696. The second-order valence-corrected chi connectivity index (χ2v) is 6.56. The first-order chi connectivity index (χ1) is 12.4. The van der Waals surface area contributed by atoms with E-state index < -0.39 is 24.1 Å². The third-order valence-corrected chi connectivity index (χ3v) is 3.83. The zero-order valence-corrected chi connectivity index (χ0v) is 16.5. The number of rotatable bonds is 9. The third-order valence-electron chi connectivity index (χ3n) is 3.83. The maximum absolute atomic E-state index is 12.2. The molecule has 1 aromatic carbocycles. The average molecular weight is 399 g/mol. The minimum atomic E-state index is -1.14. The van der Waals surface area contributed by atoms with Crippen LogP contribution in [0.3, 0.4) is 0 Å². The lowest BCUT2D eigenvalue weighted by Gasteiger charge is -2.25. The summed E-state index contributed by atoms with van der Waals surface area (Å²) in [5.74, 6) is 0.185. The summed E-state index contributed by atoms with van der Waals surface area (Å²) in [5, 5.41) is 21.3. The minimum absolute atomic E-state index is 0. The first-order valence-electron chi connectivity index (χ1n) is 8.54. The van der Waals surface area contributed by atoms with Crippen molar-refractivity contribution in [1.82, 2.24) is 15.5 Å². The molecule has 27 heavy (non-hydrogen) atoms. The van der Waals surface area contributed by atoms with E-state index in [1.54, 1.807) is 0 Å². The molecule has 0 aliphatic heterocycles. The van der Waals surface area contributed by atoms with Crippen LogP contribution >= 0.6 is 12.4 Å². The first kappa shape index (κ1) is 23.0. The smallest absolute Gasteiger partial charge is 0.247 e. The Labute approximate surface area is 164 Å². The molecule has 0 saturated heterocycles. The molecule has 1 heterocycles. The average Bonchev–Trinajstić information content (AvgIpc) is 3.11. The van der Waals surface area contributed by atoms with Gasteiger partial charge >= 0.3 is 0 Å². The lowest BCUT2D eigenvalue weighted by atomic mass is 9.98. The van der Waals surface area contributed by atoms with E-state index in [-0.39, 0.29) is 30.8 Å². The van der Waals surface area contributed by atoms with Crippen LogP contribution in [0.15, 0.2) is 34.7 Å². The van der Waals surface area contributed by atoms with Crippen LogP contribution in [-0.4, -0.2) is 47.0 Å². The second kappa shape index (κ2) is 11.0. The van der Waals surface area contributed by atoms with Crippen molar-refractivity contribution in [3.8, 4) is 11.5 Å². The van der Waals surface area contributed by atoms with Crippen LogP contribution in [0.1, 0.15) is 32.3 Å². The van der Waals surface area contributed by atoms with E-state index in [1.807, 2.05) is 44.2 Å². The van der Waals surface area contributed by atoms with Gasteiger partial charge in [0, 0.05) is 12.7 Å². The number of nitrogens with two attached hydrogens (primary N) is 1. The number of aromatic nitrogens is 2. The van der Waals surface area contributed by atoms with Gasteiger partial charge in [-0.05, 0) is 24.5 Å². The molecule has 8 nitrogen and oxygen atoms in total. The fourth-order valence-corrected chi connectivity index (χ4v) is 2.54. The molecule has 0 aliphatic carbocycles. The highest BCUT2D eigenvalue weighted by Crippen LogP contribution is 2.24. The molecular weight excluding hydrogens is 372 g/mol. The number of hydrogen-bond donors (Lipinski definition) is 3. The van der Waals surface area contributed by atoms with E-state index in [9.17, 15) is 9.90 Å². The Kier molecular flexibility index (Phi) is 9.37. The molecule has 2 rings (SSSR count). The number of aliphatic hydroxyl groups is 1. The van der Waals surface area contributed by atoms with Gasteiger partial charge in [-0.15, -0.1) is 22.6 Å². The number of hydrogen-bond acceptors (Lipinski definition) is 7. The van der Waals surface area contributed by atoms with Gasteiger partial charge in [0.25, 0.3) is 0 Å². The largest absolute Gasteiger partial charge is 0.418 e. The highest BCUT2D eigenvalue weighted by atomic mass is 35.5. The molecule has 1 aromatic heterocycles. The fraction of sp³-hybridized carbons (Fsp3) is 0.500. The maximum atomic E-state index is 12.2. The summed E-state index contributed by atoms with van der Waals surface area (Å²) >= 11 is 0. The van der Waals surface area contributed by atoms with Crippen LogP contribution in [0.2, 0.25) is 0 Å². The van der Waals surface area contributed by atoms with Gasteiger partial charge in [0.05, 0.1) is 12.6 Å². The summed E-state index contributed by atoms with van der Waals surface area (Å²) in [6, 6.07) is 7.84. The van der Waals surface area contributed by atoms with Crippen LogP contribution in [0.5, 0.6) is 0 Å². The number of carbonyl (C=O) groups is 1. The zero-order valence-electron chi connectivity index (χ0n) is 15.7. The highest BCUT2D eigenvalue weighted by Gasteiger charge is 2.29.